The van der Waals surface area contributed by atoms with Gasteiger partial charge in [-0.05, 0) is 48.2 Å². The van der Waals surface area contributed by atoms with E-state index in [9.17, 15) is 8.42 Å². The maximum absolute atomic E-state index is 12.3. The van der Waals surface area contributed by atoms with Crippen LogP contribution in [-0.2, 0) is 22.9 Å². The minimum absolute atomic E-state index is 0.178. The summed E-state index contributed by atoms with van der Waals surface area (Å²) in [5.41, 5.74) is 9.02. The predicted molar refractivity (Wildman–Crippen MR) is 86.9 cm³/mol. The van der Waals surface area contributed by atoms with E-state index < -0.39 is 10.0 Å². The van der Waals surface area contributed by atoms with Gasteiger partial charge in [-0.3, -0.25) is 4.72 Å². The number of sulfonamides is 1. The Morgan fingerprint density at radius 2 is 1.67 bits per heavy atom. The molecule has 0 aliphatic heterocycles. The first kappa shape index (κ1) is 15.4. The van der Waals surface area contributed by atoms with Crippen LogP contribution in [-0.4, -0.2) is 8.42 Å². The molecule has 112 valence electrons. The van der Waals surface area contributed by atoms with Crippen LogP contribution in [0.2, 0.25) is 0 Å². The van der Waals surface area contributed by atoms with Crippen LogP contribution in [0.25, 0.3) is 0 Å². The Morgan fingerprint density at radius 1 is 1.00 bits per heavy atom. The standard InChI is InChI=1S/C16H20N2O2S/c1-3-12-5-8-14(9-6-12)18-21(19,20)15-10-7-13(4-2)16(17)11-15/h5-11,18H,3-4,17H2,1-2H3. The number of hydrogen-bond donors (Lipinski definition) is 2. The van der Waals surface area contributed by atoms with E-state index in [0.717, 1.165) is 24.0 Å². The Hall–Kier alpha value is -2.01. The first-order chi connectivity index (χ1) is 9.96. The molecular weight excluding hydrogens is 284 g/mol. The van der Waals surface area contributed by atoms with Gasteiger partial charge in [-0.25, -0.2) is 8.42 Å². The van der Waals surface area contributed by atoms with Gasteiger partial charge in [-0.2, -0.15) is 0 Å². The summed E-state index contributed by atoms with van der Waals surface area (Å²) in [5, 5.41) is 0. The Balaban J connectivity index is 2.26. The first-order valence-corrected chi connectivity index (χ1v) is 8.44. The molecule has 21 heavy (non-hydrogen) atoms. The fourth-order valence-electron chi connectivity index (χ4n) is 2.08. The van der Waals surface area contributed by atoms with Crippen molar-refractivity contribution < 1.29 is 8.42 Å². The lowest BCUT2D eigenvalue weighted by atomic mass is 10.1. The van der Waals surface area contributed by atoms with Gasteiger partial charge in [0, 0.05) is 11.4 Å². The molecule has 4 nitrogen and oxygen atoms in total. The van der Waals surface area contributed by atoms with Gasteiger partial charge in [-0.15, -0.1) is 0 Å². The van der Waals surface area contributed by atoms with Gasteiger partial charge in [0.25, 0.3) is 10.0 Å². The molecule has 0 aliphatic rings. The van der Waals surface area contributed by atoms with Crippen molar-refractivity contribution in [2.75, 3.05) is 10.5 Å². The predicted octanol–water partition coefficient (Wildman–Crippen LogP) is 3.19. The third-order valence-corrected chi connectivity index (χ3v) is 4.80. The highest BCUT2D eigenvalue weighted by atomic mass is 32.2. The van der Waals surface area contributed by atoms with E-state index in [2.05, 4.69) is 11.6 Å². The van der Waals surface area contributed by atoms with E-state index >= 15 is 0 Å². The van der Waals surface area contributed by atoms with E-state index in [1.807, 2.05) is 19.1 Å². The molecule has 2 aromatic carbocycles. The molecule has 0 amide bonds. The summed E-state index contributed by atoms with van der Waals surface area (Å²) in [6.07, 6.45) is 1.69. The summed E-state index contributed by atoms with van der Waals surface area (Å²) in [4.78, 5) is 0.178. The van der Waals surface area contributed by atoms with Crippen molar-refractivity contribution >= 4 is 21.4 Å². The number of hydrogen-bond acceptors (Lipinski definition) is 3. The van der Waals surface area contributed by atoms with Crippen molar-refractivity contribution in [2.45, 2.75) is 31.6 Å². The lowest BCUT2D eigenvalue weighted by Crippen LogP contribution is -2.13. The molecular formula is C16H20N2O2S. The van der Waals surface area contributed by atoms with Crippen LogP contribution in [0.1, 0.15) is 25.0 Å². The molecule has 3 N–H and O–H groups in total. The fourth-order valence-corrected chi connectivity index (χ4v) is 3.18. The number of nitrogens with one attached hydrogen (secondary N) is 1. The van der Waals surface area contributed by atoms with E-state index in [4.69, 9.17) is 5.73 Å². The van der Waals surface area contributed by atoms with Crippen LogP contribution in [0.5, 0.6) is 0 Å². The Morgan fingerprint density at radius 3 is 2.19 bits per heavy atom. The minimum Gasteiger partial charge on any atom is -0.398 e. The zero-order valence-corrected chi connectivity index (χ0v) is 13.1. The van der Waals surface area contributed by atoms with Crippen LogP contribution >= 0.6 is 0 Å². The molecule has 0 radical (unpaired) electrons. The zero-order valence-electron chi connectivity index (χ0n) is 12.3. The van der Waals surface area contributed by atoms with E-state index in [1.54, 1.807) is 24.3 Å². The molecule has 0 saturated carbocycles. The summed E-state index contributed by atoms with van der Waals surface area (Å²) in [5.74, 6) is 0. The van der Waals surface area contributed by atoms with Crippen molar-refractivity contribution in [3.63, 3.8) is 0 Å². The average molecular weight is 304 g/mol. The molecule has 2 aromatic rings. The molecule has 0 unspecified atom stereocenters. The van der Waals surface area contributed by atoms with Gasteiger partial charge in [-0.1, -0.05) is 32.0 Å². The number of rotatable bonds is 5. The molecule has 0 bridgehead atoms. The second kappa shape index (κ2) is 6.18. The average Bonchev–Trinajstić information content (AvgIpc) is 2.47. The first-order valence-electron chi connectivity index (χ1n) is 6.96. The second-order valence-corrected chi connectivity index (χ2v) is 6.55. The summed E-state index contributed by atoms with van der Waals surface area (Å²) in [6, 6.07) is 12.2. The topological polar surface area (TPSA) is 72.2 Å². The highest BCUT2D eigenvalue weighted by Gasteiger charge is 2.15. The fraction of sp³-hybridized carbons (Fsp3) is 0.250. The van der Waals surface area contributed by atoms with Crippen molar-refractivity contribution in [3.8, 4) is 0 Å². The van der Waals surface area contributed by atoms with E-state index in [-0.39, 0.29) is 4.90 Å². The molecule has 0 heterocycles. The summed E-state index contributed by atoms with van der Waals surface area (Å²) in [6.45, 7) is 4.03. The number of benzene rings is 2. The zero-order chi connectivity index (χ0) is 15.5. The van der Waals surface area contributed by atoms with Gasteiger partial charge in [0.2, 0.25) is 0 Å². The lowest BCUT2D eigenvalue weighted by Gasteiger charge is -2.10. The molecule has 0 saturated heterocycles. The van der Waals surface area contributed by atoms with Crippen LogP contribution in [0.3, 0.4) is 0 Å². The summed E-state index contributed by atoms with van der Waals surface area (Å²) in [7, 11) is -3.61. The number of aryl methyl sites for hydroxylation is 2. The Kier molecular flexibility index (Phi) is 4.53. The molecule has 5 heteroatoms. The van der Waals surface area contributed by atoms with Crippen LogP contribution in [0.4, 0.5) is 11.4 Å². The minimum atomic E-state index is -3.61. The molecule has 0 atom stereocenters. The SMILES string of the molecule is CCc1ccc(NS(=O)(=O)c2ccc(CC)c(N)c2)cc1. The van der Waals surface area contributed by atoms with Crippen LogP contribution < -0.4 is 10.5 Å². The van der Waals surface area contributed by atoms with E-state index in [1.165, 1.54) is 6.07 Å². The summed E-state index contributed by atoms with van der Waals surface area (Å²) >= 11 is 0. The van der Waals surface area contributed by atoms with Crippen molar-refractivity contribution in [1.29, 1.82) is 0 Å². The largest absolute Gasteiger partial charge is 0.398 e. The van der Waals surface area contributed by atoms with Gasteiger partial charge >= 0.3 is 0 Å². The molecule has 0 aliphatic carbocycles. The van der Waals surface area contributed by atoms with Gasteiger partial charge in [0.1, 0.15) is 0 Å². The smallest absolute Gasteiger partial charge is 0.261 e. The highest BCUT2D eigenvalue weighted by Crippen LogP contribution is 2.21. The van der Waals surface area contributed by atoms with E-state index in [0.29, 0.717) is 11.4 Å². The quantitative estimate of drug-likeness (QED) is 0.833. The maximum atomic E-state index is 12.3. The monoisotopic (exact) mass is 304 g/mol. The number of anilines is 2. The van der Waals surface area contributed by atoms with Gasteiger partial charge in [0.15, 0.2) is 0 Å². The molecule has 2 rings (SSSR count). The van der Waals surface area contributed by atoms with Crippen LogP contribution in [0.15, 0.2) is 47.4 Å². The van der Waals surface area contributed by atoms with Crippen molar-refractivity contribution in [1.82, 2.24) is 0 Å². The molecule has 0 aromatic heterocycles. The third-order valence-electron chi connectivity index (χ3n) is 3.42. The Bertz CT molecular complexity index is 722. The highest BCUT2D eigenvalue weighted by molar-refractivity contribution is 7.92. The normalized spacial score (nSPS) is 11.3. The van der Waals surface area contributed by atoms with Crippen LogP contribution in [0, 0.1) is 0 Å². The number of nitrogens with two attached hydrogens (primary N) is 1. The van der Waals surface area contributed by atoms with Crippen molar-refractivity contribution in [2.24, 2.45) is 0 Å². The maximum Gasteiger partial charge on any atom is 0.261 e. The molecule has 0 spiro atoms. The van der Waals surface area contributed by atoms with Crippen molar-refractivity contribution in [3.05, 3.63) is 53.6 Å². The molecule has 0 fully saturated rings. The number of nitrogen functional groups attached to an aromatic ring is 1. The van der Waals surface area contributed by atoms with Gasteiger partial charge < -0.3 is 5.73 Å². The van der Waals surface area contributed by atoms with Gasteiger partial charge in [0.05, 0.1) is 4.90 Å². The third kappa shape index (κ3) is 3.55. The second-order valence-electron chi connectivity index (χ2n) is 4.87. The Labute approximate surface area is 126 Å². The lowest BCUT2D eigenvalue weighted by molar-refractivity contribution is 0.601. The summed E-state index contributed by atoms with van der Waals surface area (Å²) < 4.78 is 27.2.